The van der Waals surface area contributed by atoms with Gasteiger partial charge in [0.15, 0.2) is 0 Å². The van der Waals surface area contributed by atoms with E-state index >= 15 is 0 Å². The monoisotopic (exact) mass is 396 g/mol. The fourth-order valence-corrected chi connectivity index (χ4v) is 4.88. The van der Waals surface area contributed by atoms with E-state index in [0.717, 1.165) is 11.6 Å². The van der Waals surface area contributed by atoms with Gasteiger partial charge < -0.3 is 5.32 Å². The minimum atomic E-state index is -3.98. The number of hydrogen-bond donors (Lipinski definition) is 1. The van der Waals surface area contributed by atoms with E-state index in [1.165, 1.54) is 17.3 Å². The van der Waals surface area contributed by atoms with Gasteiger partial charge in [-0.25, -0.2) is 8.42 Å². The van der Waals surface area contributed by atoms with E-state index in [1.807, 2.05) is 0 Å². The Hall–Kier alpha value is -2.07. The van der Waals surface area contributed by atoms with E-state index < -0.39 is 21.0 Å². The van der Waals surface area contributed by atoms with Crippen molar-refractivity contribution in [3.63, 3.8) is 0 Å². The molecule has 3 rings (SSSR count). The van der Waals surface area contributed by atoms with Crippen molar-refractivity contribution in [2.24, 2.45) is 0 Å². The molecule has 0 aliphatic carbocycles. The zero-order valence-corrected chi connectivity index (χ0v) is 15.5. The van der Waals surface area contributed by atoms with Gasteiger partial charge in [0.25, 0.3) is 5.69 Å². The van der Waals surface area contributed by atoms with Crippen LogP contribution in [0.25, 0.3) is 0 Å². The highest BCUT2D eigenvalue weighted by molar-refractivity contribution is 7.89. The van der Waals surface area contributed by atoms with Crippen LogP contribution in [0.1, 0.15) is 17.2 Å². The second-order valence-electron chi connectivity index (χ2n) is 5.93. The zero-order chi connectivity index (χ0) is 18.9. The van der Waals surface area contributed by atoms with Crippen molar-refractivity contribution in [2.45, 2.75) is 17.9 Å². The maximum atomic E-state index is 13.2. The SMILES string of the molecule is Cc1c(Cl)cc(S(=O)(=O)N2CCNCC2c2cccnc2)cc1[N+](=O)[O-]. The van der Waals surface area contributed by atoms with Crippen LogP contribution in [0.2, 0.25) is 5.02 Å². The Kier molecular flexibility index (Phi) is 5.24. The molecular formula is C16H17ClN4O4S. The van der Waals surface area contributed by atoms with Crippen LogP contribution >= 0.6 is 11.6 Å². The van der Waals surface area contributed by atoms with Crippen LogP contribution in [0.15, 0.2) is 41.6 Å². The molecule has 1 saturated heterocycles. The summed E-state index contributed by atoms with van der Waals surface area (Å²) in [6.07, 6.45) is 3.23. The molecule has 0 bridgehead atoms. The summed E-state index contributed by atoms with van der Waals surface area (Å²) in [4.78, 5) is 14.5. The highest BCUT2D eigenvalue weighted by Crippen LogP contribution is 2.34. The molecule has 1 aromatic heterocycles. The molecule has 1 unspecified atom stereocenters. The normalized spacial score (nSPS) is 18.6. The number of hydrogen-bond acceptors (Lipinski definition) is 6. The molecule has 1 aliphatic rings. The van der Waals surface area contributed by atoms with E-state index in [4.69, 9.17) is 11.6 Å². The first-order valence-corrected chi connectivity index (χ1v) is 9.71. The van der Waals surface area contributed by atoms with Crippen molar-refractivity contribution in [2.75, 3.05) is 19.6 Å². The molecule has 2 heterocycles. The highest BCUT2D eigenvalue weighted by atomic mass is 35.5. The van der Waals surface area contributed by atoms with Crippen molar-refractivity contribution in [3.8, 4) is 0 Å². The number of aromatic nitrogens is 1. The Morgan fingerprint density at radius 1 is 1.42 bits per heavy atom. The molecule has 0 saturated carbocycles. The topological polar surface area (TPSA) is 105 Å². The van der Waals surface area contributed by atoms with E-state index in [1.54, 1.807) is 24.5 Å². The summed E-state index contributed by atoms with van der Waals surface area (Å²) in [5.41, 5.74) is 0.667. The van der Waals surface area contributed by atoms with Crippen LogP contribution < -0.4 is 5.32 Å². The molecule has 1 aromatic carbocycles. The standard InChI is InChI=1S/C16H17ClN4O4S/c1-11-14(17)7-13(8-15(11)21(22)23)26(24,25)20-6-5-19-10-16(20)12-3-2-4-18-9-12/h2-4,7-9,16,19H,5-6,10H2,1H3. The summed E-state index contributed by atoms with van der Waals surface area (Å²) in [5.74, 6) is 0. The molecule has 1 N–H and O–H groups in total. The first-order chi connectivity index (χ1) is 12.3. The van der Waals surface area contributed by atoms with Gasteiger partial charge in [0.2, 0.25) is 10.0 Å². The average Bonchev–Trinajstić information content (AvgIpc) is 2.64. The Balaban J connectivity index is 2.07. The Bertz CT molecular complexity index is 937. The van der Waals surface area contributed by atoms with Gasteiger partial charge in [-0.1, -0.05) is 17.7 Å². The first-order valence-electron chi connectivity index (χ1n) is 7.89. The molecule has 0 amide bonds. The number of benzene rings is 1. The van der Waals surface area contributed by atoms with Crippen molar-refractivity contribution < 1.29 is 13.3 Å². The summed E-state index contributed by atoms with van der Waals surface area (Å²) in [5, 5.41) is 14.5. The van der Waals surface area contributed by atoms with Crippen molar-refractivity contribution in [3.05, 3.63) is 62.9 Å². The second kappa shape index (κ2) is 7.28. The third-order valence-corrected chi connectivity index (χ3v) is 6.64. The maximum Gasteiger partial charge on any atom is 0.275 e. The molecule has 0 radical (unpaired) electrons. The summed E-state index contributed by atoms with van der Waals surface area (Å²) in [7, 11) is -3.98. The molecule has 26 heavy (non-hydrogen) atoms. The fourth-order valence-electron chi connectivity index (χ4n) is 2.94. The second-order valence-corrected chi connectivity index (χ2v) is 8.23. The van der Waals surface area contributed by atoms with Gasteiger partial charge in [-0.15, -0.1) is 0 Å². The van der Waals surface area contributed by atoms with Gasteiger partial charge in [0.05, 0.1) is 20.9 Å². The van der Waals surface area contributed by atoms with E-state index in [9.17, 15) is 18.5 Å². The van der Waals surface area contributed by atoms with Crippen LogP contribution in [0.3, 0.4) is 0 Å². The number of nitro groups is 1. The summed E-state index contributed by atoms with van der Waals surface area (Å²) in [6.45, 7) is 2.63. The summed E-state index contributed by atoms with van der Waals surface area (Å²) < 4.78 is 27.8. The lowest BCUT2D eigenvalue weighted by atomic mass is 10.1. The number of nitrogens with one attached hydrogen (secondary N) is 1. The molecule has 1 atom stereocenters. The number of rotatable bonds is 4. The predicted octanol–water partition coefficient (Wildman–Crippen LogP) is 2.29. The zero-order valence-electron chi connectivity index (χ0n) is 13.9. The van der Waals surface area contributed by atoms with Crippen LogP contribution in [0.4, 0.5) is 5.69 Å². The highest BCUT2D eigenvalue weighted by Gasteiger charge is 2.36. The minimum absolute atomic E-state index is 0.0471. The fraction of sp³-hybridized carbons (Fsp3) is 0.312. The molecule has 2 aromatic rings. The Morgan fingerprint density at radius 3 is 2.85 bits per heavy atom. The quantitative estimate of drug-likeness (QED) is 0.627. The molecule has 8 nitrogen and oxygen atoms in total. The van der Waals surface area contributed by atoms with E-state index in [2.05, 4.69) is 10.3 Å². The first kappa shape index (κ1) is 18.7. The molecule has 1 aliphatic heterocycles. The van der Waals surface area contributed by atoms with Gasteiger partial charge >= 0.3 is 0 Å². The van der Waals surface area contributed by atoms with Crippen molar-refractivity contribution in [1.82, 2.24) is 14.6 Å². The lowest BCUT2D eigenvalue weighted by molar-refractivity contribution is -0.385. The number of piperazine rings is 1. The summed E-state index contributed by atoms with van der Waals surface area (Å²) in [6, 6.07) is 5.42. The van der Waals surface area contributed by atoms with Gasteiger partial charge in [-0.3, -0.25) is 15.1 Å². The van der Waals surface area contributed by atoms with Gasteiger partial charge in [0, 0.05) is 43.7 Å². The lowest BCUT2D eigenvalue weighted by Crippen LogP contribution is -2.48. The van der Waals surface area contributed by atoms with Crippen LogP contribution in [0.5, 0.6) is 0 Å². The third kappa shape index (κ3) is 3.43. The number of nitrogens with zero attached hydrogens (tertiary/aromatic N) is 3. The Labute approximate surface area is 156 Å². The molecule has 0 spiro atoms. The molecule has 10 heteroatoms. The number of pyridine rings is 1. The van der Waals surface area contributed by atoms with E-state index in [-0.39, 0.29) is 27.7 Å². The van der Waals surface area contributed by atoms with Gasteiger partial charge in [-0.05, 0) is 24.6 Å². The van der Waals surface area contributed by atoms with Crippen LogP contribution in [-0.4, -0.2) is 42.3 Å². The molecule has 138 valence electrons. The smallest absolute Gasteiger partial charge is 0.275 e. The number of sulfonamides is 1. The maximum absolute atomic E-state index is 13.2. The summed E-state index contributed by atoms with van der Waals surface area (Å²) >= 11 is 6.05. The van der Waals surface area contributed by atoms with Crippen molar-refractivity contribution in [1.29, 1.82) is 0 Å². The third-order valence-electron chi connectivity index (χ3n) is 4.36. The Morgan fingerprint density at radius 2 is 2.19 bits per heavy atom. The molecule has 1 fully saturated rings. The number of nitro benzene ring substituents is 1. The minimum Gasteiger partial charge on any atom is -0.313 e. The van der Waals surface area contributed by atoms with E-state index in [0.29, 0.717) is 13.1 Å². The van der Waals surface area contributed by atoms with Gasteiger partial charge in [-0.2, -0.15) is 4.31 Å². The van der Waals surface area contributed by atoms with Crippen molar-refractivity contribution >= 4 is 27.3 Å². The van der Waals surface area contributed by atoms with Crippen LogP contribution in [-0.2, 0) is 10.0 Å². The number of halogens is 1. The lowest BCUT2D eigenvalue weighted by Gasteiger charge is -2.35. The van der Waals surface area contributed by atoms with Gasteiger partial charge in [0.1, 0.15) is 0 Å². The predicted molar refractivity (Wildman–Crippen MR) is 96.6 cm³/mol. The average molecular weight is 397 g/mol. The van der Waals surface area contributed by atoms with Crippen LogP contribution in [0, 0.1) is 17.0 Å². The largest absolute Gasteiger partial charge is 0.313 e. The molecular weight excluding hydrogens is 380 g/mol.